The monoisotopic (exact) mass is 676 g/mol. The zero-order valence-corrected chi connectivity index (χ0v) is 30.6. The van der Waals surface area contributed by atoms with Crippen molar-refractivity contribution in [2.24, 2.45) is 29.1 Å². The molecule has 2 N–H and O–H groups in total. The van der Waals surface area contributed by atoms with Gasteiger partial charge in [0, 0.05) is 48.1 Å². The summed E-state index contributed by atoms with van der Waals surface area (Å²) in [5.74, 6) is 1.78. The summed E-state index contributed by atoms with van der Waals surface area (Å²) in [6.07, 6.45) is 17.8. The first-order valence-electron chi connectivity index (χ1n) is 20.6. The molecule has 3 aliphatic carbocycles. The van der Waals surface area contributed by atoms with E-state index in [0.29, 0.717) is 42.7 Å². The summed E-state index contributed by atoms with van der Waals surface area (Å²) in [5.41, 5.74) is 6.04. The van der Waals surface area contributed by atoms with E-state index in [9.17, 15) is 9.59 Å². The topological polar surface area (TPSA) is 64.7 Å². The van der Waals surface area contributed by atoms with Crippen molar-refractivity contribution in [2.45, 2.75) is 146 Å². The van der Waals surface area contributed by atoms with Gasteiger partial charge in [0.2, 0.25) is 11.8 Å². The quantitative estimate of drug-likeness (QED) is 0.265. The molecule has 4 aliphatic heterocycles. The van der Waals surface area contributed by atoms with E-state index >= 15 is 0 Å². The molecule has 6 nitrogen and oxygen atoms in total. The van der Waals surface area contributed by atoms with E-state index < -0.39 is 0 Å². The minimum absolute atomic E-state index is 0.0639. The summed E-state index contributed by atoms with van der Waals surface area (Å²) in [5, 5.41) is 6.88. The smallest absolute Gasteiger partial charge is 0.223 e. The van der Waals surface area contributed by atoms with E-state index in [4.69, 9.17) is 0 Å². The summed E-state index contributed by atoms with van der Waals surface area (Å²) in [7, 11) is 0. The molecule has 268 valence electrons. The molecule has 0 spiro atoms. The summed E-state index contributed by atoms with van der Waals surface area (Å²) >= 11 is 0. The number of nitrogens with zero attached hydrogens (tertiary/aromatic N) is 2. The number of benzene rings is 2. The van der Waals surface area contributed by atoms with E-state index in [-0.39, 0.29) is 29.1 Å². The van der Waals surface area contributed by atoms with Gasteiger partial charge in [0.1, 0.15) is 0 Å². The largest absolute Gasteiger partial charge is 0.353 e. The first-order chi connectivity index (χ1) is 24.3. The van der Waals surface area contributed by atoms with Crippen molar-refractivity contribution < 1.29 is 9.59 Å². The van der Waals surface area contributed by atoms with Crippen molar-refractivity contribution in [1.29, 1.82) is 0 Å². The lowest BCUT2D eigenvalue weighted by Gasteiger charge is -2.50. The number of fused-ring (bicyclic) bond motifs is 10. The Morgan fingerprint density at radius 1 is 0.560 bits per heavy atom. The highest BCUT2D eigenvalue weighted by Crippen LogP contribution is 2.55. The van der Waals surface area contributed by atoms with Crippen LogP contribution in [-0.2, 0) is 9.59 Å². The first kappa shape index (κ1) is 33.2. The zero-order chi connectivity index (χ0) is 34.0. The van der Waals surface area contributed by atoms with Crippen LogP contribution in [0.3, 0.4) is 0 Å². The molecule has 3 unspecified atom stereocenters. The van der Waals surface area contributed by atoms with Crippen LogP contribution in [0.15, 0.2) is 48.5 Å². The van der Waals surface area contributed by atoms with Gasteiger partial charge < -0.3 is 10.6 Å². The summed E-state index contributed by atoms with van der Waals surface area (Å²) in [6, 6.07) is 21.4. The van der Waals surface area contributed by atoms with Crippen molar-refractivity contribution in [3.8, 4) is 0 Å². The fraction of sp³-hybridized carbons (Fsp3) is 0.682. The van der Waals surface area contributed by atoms with E-state index in [1.165, 1.54) is 77.3 Å². The molecule has 0 radical (unpaired) electrons. The highest BCUT2D eigenvalue weighted by atomic mass is 16.2. The lowest BCUT2D eigenvalue weighted by molar-refractivity contribution is -0.152. The number of carbonyl (C=O) groups excluding carboxylic acids is 2. The number of hydrogen-bond donors (Lipinski definition) is 2. The van der Waals surface area contributed by atoms with Gasteiger partial charge in [-0.25, -0.2) is 0 Å². The third kappa shape index (κ3) is 5.85. The molecule has 2 aromatic carbocycles. The van der Waals surface area contributed by atoms with Crippen LogP contribution in [0, 0.1) is 29.1 Å². The molecule has 6 heteroatoms. The van der Waals surface area contributed by atoms with Gasteiger partial charge >= 0.3 is 0 Å². The summed E-state index contributed by atoms with van der Waals surface area (Å²) in [4.78, 5) is 32.5. The SMILES string of the molecule is CC1(C)C(C(=O)NC2CCC(CCN3C4CC[C@@H]3c3ccccc34)CC2)CC1C(=O)NC1CCC(CCN2[C@@H]3CC[C@H]2c2ccccc23)CC1. The van der Waals surface area contributed by atoms with Crippen LogP contribution in [0.5, 0.6) is 0 Å². The third-order valence-electron chi connectivity index (χ3n) is 15.3. The molecule has 2 amide bonds. The number of carbonyl (C=O) groups is 2. The average Bonchev–Trinajstić information content (AvgIpc) is 3.89. The van der Waals surface area contributed by atoms with Crippen molar-refractivity contribution >= 4 is 11.8 Å². The lowest BCUT2D eigenvalue weighted by Crippen LogP contribution is -2.59. The van der Waals surface area contributed by atoms with Gasteiger partial charge in [0.25, 0.3) is 0 Å². The van der Waals surface area contributed by atoms with E-state index in [2.05, 4.69) is 82.8 Å². The van der Waals surface area contributed by atoms with Crippen LogP contribution in [0.4, 0.5) is 0 Å². The molecule has 5 fully saturated rings. The third-order valence-corrected chi connectivity index (χ3v) is 15.3. The molecule has 7 aliphatic rings. The zero-order valence-electron chi connectivity index (χ0n) is 30.6. The van der Waals surface area contributed by atoms with Crippen LogP contribution in [0.2, 0.25) is 0 Å². The maximum absolute atomic E-state index is 13.5. The first-order valence-corrected chi connectivity index (χ1v) is 20.6. The van der Waals surface area contributed by atoms with Crippen LogP contribution in [0.25, 0.3) is 0 Å². The molecule has 0 aromatic heterocycles. The predicted molar refractivity (Wildman–Crippen MR) is 198 cm³/mol. The van der Waals surface area contributed by atoms with Crippen LogP contribution < -0.4 is 10.6 Å². The molecule has 6 atom stereocenters. The standard InChI is InChI=1S/C44H60N4O2/c1-44(2)36(42(49)45-30-15-11-28(12-16-30)23-25-47-38-19-20-39(47)33-8-4-3-7-32(33)38)27-37(44)43(50)46-31-17-13-29(14-18-31)24-26-48-40-21-22-41(48)35-10-6-5-9-34(35)40/h3-10,28-31,36-41H,11-27H2,1-2H3,(H,45,49)(H,46,50)/t28?,29?,30?,31?,36?,37?,38-,39+,40-,41?/m1/s1. The van der Waals surface area contributed by atoms with E-state index in [1.807, 2.05) is 0 Å². The number of amides is 2. The molecular weight excluding hydrogens is 617 g/mol. The second-order valence-electron chi connectivity index (χ2n) is 18.1. The average molecular weight is 677 g/mol. The molecule has 9 rings (SSSR count). The van der Waals surface area contributed by atoms with Crippen LogP contribution >= 0.6 is 0 Å². The number of hydrogen-bond acceptors (Lipinski definition) is 4. The summed E-state index contributed by atoms with van der Waals surface area (Å²) in [6.45, 7) is 6.71. The second kappa shape index (κ2) is 13.4. The second-order valence-corrected chi connectivity index (χ2v) is 18.1. The Morgan fingerprint density at radius 3 is 1.22 bits per heavy atom. The van der Waals surface area contributed by atoms with Crippen molar-refractivity contribution in [2.75, 3.05) is 13.1 Å². The molecule has 4 heterocycles. The Balaban J connectivity index is 0.675. The van der Waals surface area contributed by atoms with Gasteiger partial charge in [-0.2, -0.15) is 0 Å². The predicted octanol–water partition coefficient (Wildman–Crippen LogP) is 8.56. The maximum Gasteiger partial charge on any atom is 0.223 e. The molecule has 4 bridgehead atoms. The lowest BCUT2D eigenvalue weighted by atomic mass is 9.54. The van der Waals surface area contributed by atoms with Gasteiger partial charge in [-0.3, -0.25) is 19.4 Å². The van der Waals surface area contributed by atoms with Crippen molar-refractivity contribution in [1.82, 2.24) is 20.4 Å². The van der Waals surface area contributed by atoms with Crippen molar-refractivity contribution in [3.63, 3.8) is 0 Å². The van der Waals surface area contributed by atoms with Crippen LogP contribution in [-0.4, -0.2) is 46.8 Å². The van der Waals surface area contributed by atoms with Gasteiger partial charge in [-0.15, -0.1) is 0 Å². The van der Waals surface area contributed by atoms with E-state index in [1.54, 1.807) is 22.3 Å². The Hall–Kier alpha value is -2.70. The highest BCUT2D eigenvalue weighted by molar-refractivity contribution is 5.87. The van der Waals surface area contributed by atoms with Gasteiger partial charge in [-0.1, -0.05) is 62.4 Å². The molecule has 3 saturated carbocycles. The van der Waals surface area contributed by atoms with Gasteiger partial charge in [0.05, 0.1) is 0 Å². The fourth-order valence-electron chi connectivity index (χ4n) is 12.2. The normalized spacial score (nSPS) is 36.8. The maximum atomic E-state index is 13.5. The van der Waals surface area contributed by atoms with Gasteiger partial charge in [0.15, 0.2) is 0 Å². The molecule has 50 heavy (non-hydrogen) atoms. The number of rotatable bonds is 10. The molecular formula is C44H60N4O2. The fourth-order valence-corrected chi connectivity index (χ4v) is 12.2. The number of nitrogens with one attached hydrogen (secondary N) is 2. The highest BCUT2D eigenvalue weighted by Gasteiger charge is 2.55. The Labute approximate surface area is 300 Å². The Morgan fingerprint density at radius 2 is 0.900 bits per heavy atom. The minimum Gasteiger partial charge on any atom is -0.353 e. The van der Waals surface area contributed by atoms with Crippen molar-refractivity contribution in [3.05, 3.63) is 70.8 Å². The Bertz CT molecular complexity index is 1400. The molecule has 2 aromatic rings. The van der Waals surface area contributed by atoms with Gasteiger partial charge in [-0.05, 0) is 149 Å². The molecule has 2 saturated heterocycles. The van der Waals surface area contributed by atoms with E-state index in [0.717, 1.165) is 37.5 Å². The Kier molecular flexibility index (Phi) is 8.87. The van der Waals surface area contributed by atoms with Crippen LogP contribution in [0.1, 0.15) is 157 Å². The summed E-state index contributed by atoms with van der Waals surface area (Å²) < 4.78 is 0. The minimum atomic E-state index is -0.290.